The lowest BCUT2D eigenvalue weighted by atomic mass is 10.2. The first kappa shape index (κ1) is 13.8. The molecule has 0 fully saturated rings. The molecule has 3 nitrogen and oxygen atoms in total. The number of halogens is 1. The van der Waals surface area contributed by atoms with Crippen LogP contribution in [-0.2, 0) is 9.84 Å². The van der Waals surface area contributed by atoms with Crippen LogP contribution < -0.4 is 4.74 Å². The van der Waals surface area contributed by atoms with Gasteiger partial charge in [0.25, 0.3) is 0 Å². The molecule has 1 aliphatic rings. The van der Waals surface area contributed by atoms with Crippen LogP contribution in [0.5, 0.6) is 5.75 Å². The Hall–Kier alpha value is -2.14. The predicted octanol–water partition coefficient (Wildman–Crippen LogP) is 3.34. The molecule has 0 radical (unpaired) electrons. The largest absolute Gasteiger partial charge is 0.488 e. The molecule has 0 aromatic heterocycles. The average molecular weight is 304 g/mol. The van der Waals surface area contributed by atoms with Crippen LogP contribution in [-0.4, -0.2) is 15.0 Å². The molecule has 0 amide bonds. The number of benzene rings is 2. The lowest BCUT2D eigenvalue weighted by Crippen LogP contribution is -2.09. The molecule has 0 aliphatic carbocycles. The molecule has 0 saturated heterocycles. The summed E-state index contributed by atoms with van der Waals surface area (Å²) in [5.41, 5.74) is 1.59. The van der Waals surface area contributed by atoms with Crippen LogP contribution in [0.4, 0.5) is 4.39 Å². The van der Waals surface area contributed by atoms with Gasteiger partial charge in [0.2, 0.25) is 9.84 Å². The van der Waals surface area contributed by atoms with E-state index in [0.717, 1.165) is 11.6 Å². The third kappa shape index (κ3) is 2.56. The fourth-order valence-electron chi connectivity index (χ4n) is 2.16. The Morgan fingerprint density at radius 2 is 1.81 bits per heavy atom. The molecular weight excluding hydrogens is 291 g/mol. The third-order valence-electron chi connectivity index (χ3n) is 3.33. The van der Waals surface area contributed by atoms with Crippen molar-refractivity contribution >= 4 is 15.9 Å². The van der Waals surface area contributed by atoms with Crippen molar-refractivity contribution in [3.8, 4) is 5.75 Å². The van der Waals surface area contributed by atoms with Gasteiger partial charge in [-0.1, -0.05) is 23.8 Å². The molecule has 0 atom stereocenters. The average Bonchev–Trinajstić information content (AvgIpc) is 2.70. The molecule has 3 rings (SSSR count). The molecule has 0 spiro atoms. The summed E-state index contributed by atoms with van der Waals surface area (Å²) in [6, 6.07) is 11.1. The molecule has 2 aromatic rings. The second kappa shape index (κ2) is 5.00. The number of hydrogen-bond donors (Lipinski definition) is 0. The van der Waals surface area contributed by atoms with Crippen molar-refractivity contribution in [1.29, 1.82) is 0 Å². The first-order valence-electron chi connectivity index (χ1n) is 6.41. The fourth-order valence-corrected chi connectivity index (χ4v) is 3.64. The second-order valence-corrected chi connectivity index (χ2v) is 6.87. The number of fused-ring (bicyclic) bond motifs is 1. The standard InChI is InChI=1S/C16H13FO3S/c1-11-2-6-14(7-3-11)20-10-15-8-12-4-5-13(17)9-16(12)21(15,18)19/h2-9H,10H2,1H3. The van der Waals surface area contributed by atoms with E-state index < -0.39 is 15.7 Å². The molecule has 2 aromatic carbocycles. The fraction of sp³-hybridized carbons (Fsp3) is 0.125. The molecule has 108 valence electrons. The molecule has 5 heteroatoms. The van der Waals surface area contributed by atoms with Gasteiger partial charge in [0.05, 0.1) is 9.80 Å². The van der Waals surface area contributed by atoms with E-state index in [4.69, 9.17) is 4.74 Å². The highest BCUT2D eigenvalue weighted by Gasteiger charge is 2.30. The van der Waals surface area contributed by atoms with E-state index in [0.29, 0.717) is 11.3 Å². The van der Waals surface area contributed by atoms with Gasteiger partial charge in [0, 0.05) is 0 Å². The topological polar surface area (TPSA) is 43.4 Å². The zero-order valence-electron chi connectivity index (χ0n) is 11.3. The highest BCUT2D eigenvalue weighted by Crippen LogP contribution is 2.33. The van der Waals surface area contributed by atoms with Gasteiger partial charge in [-0.2, -0.15) is 0 Å². The van der Waals surface area contributed by atoms with Gasteiger partial charge in [-0.15, -0.1) is 0 Å². The molecule has 0 bridgehead atoms. The van der Waals surface area contributed by atoms with Gasteiger partial charge >= 0.3 is 0 Å². The van der Waals surface area contributed by atoms with Crippen LogP contribution in [0, 0.1) is 12.7 Å². The quantitative estimate of drug-likeness (QED) is 0.873. The number of hydrogen-bond acceptors (Lipinski definition) is 3. The van der Waals surface area contributed by atoms with Crippen molar-refractivity contribution in [3.05, 3.63) is 64.3 Å². The van der Waals surface area contributed by atoms with Gasteiger partial charge in [-0.3, -0.25) is 0 Å². The molecule has 1 aliphatic heterocycles. The summed E-state index contributed by atoms with van der Waals surface area (Å²) in [6.45, 7) is 1.89. The zero-order chi connectivity index (χ0) is 15.0. The number of ether oxygens (including phenoxy) is 1. The molecule has 0 unspecified atom stereocenters. The van der Waals surface area contributed by atoms with E-state index in [1.165, 1.54) is 18.2 Å². The predicted molar refractivity (Wildman–Crippen MR) is 78.2 cm³/mol. The Bertz CT molecular complexity index is 821. The maximum absolute atomic E-state index is 13.2. The number of sulfone groups is 1. The van der Waals surface area contributed by atoms with Crippen molar-refractivity contribution in [2.45, 2.75) is 11.8 Å². The summed E-state index contributed by atoms with van der Waals surface area (Å²) >= 11 is 0. The first-order valence-corrected chi connectivity index (χ1v) is 7.90. The minimum Gasteiger partial charge on any atom is -0.488 e. The zero-order valence-corrected chi connectivity index (χ0v) is 12.2. The summed E-state index contributed by atoms with van der Waals surface area (Å²) in [4.78, 5) is 0.147. The Kier molecular flexibility index (Phi) is 3.29. The van der Waals surface area contributed by atoms with E-state index in [-0.39, 0.29) is 16.4 Å². The number of aryl methyl sites for hydroxylation is 1. The normalized spacial score (nSPS) is 15.4. The van der Waals surface area contributed by atoms with Gasteiger partial charge in [-0.05, 0) is 42.8 Å². The van der Waals surface area contributed by atoms with Crippen LogP contribution in [0.15, 0.2) is 52.3 Å². The second-order valence-electron chi connectivity index (χ2n) is 4.90. The summed E-state index contributed by atoms with van der Waals surface area (Å²) in [7, 11) is -3.65. The van der Waals surface area contributed by atoms with Gasteiger partial charge in [0.15, 0.2) is 0 Å². The third-order valence-corrected chi connectivity index (χ3v) is 5.19. The van der Waals surface area contributed by atoms with Crippen LogP contribution in [0.3, 0.4) is 0 Å². The van der Waals surface area contributed by atoms with Crippen LogP contribution >= 0.6 is 0 Å². The van der Waals surface area contributed by atoms with Crippen molar-refractivity contribution < 1.29 is 17.5 Å². The van der Waals surface area contributed by atoms with Crippen LogP contribution in [0.25, 0.3) is 6.08 Å². The Morgan fingerprint density at radius 3 is 2.52 bits per heavy atom. The summed E-state index contributed by atoms with van der Waals surface area (Å²) in [6.07, 6.45) is 1.53. The molecular formula is C16H13FO3S. The van der Waals surface area contributed by atoms with E-state index in [1.807, 2.05) is 19.1 Å². The van der Waals surface area contributed by atoms with Crippen molar-refractivity contribution in [2.24, 2.45) is 0 Å². The smallest absolute Gasteiger partial charge is 0.206 e. The summed E-state index contributed by atoms with van der Waals surface area (Å²) in [5.74, 6) is 0.0327. The number of rotatable bonds is 3. The maximum Gasteiger partial charge on any atom is 0.206 e. The lowest BCUT2D eigenvalue weighted by Gasteiger charge is -2.07. The Labute approximate surface area is 122 Å². The minimum atomic E-state index is -3.65. The van der Waals surface area contributed by atoms with Gasteiger partial charge < -0.3 is 4.74 Å². The Balaban J connectivity index is 1.83. The van der Waals surface area contributed by atoms with Crippen LogP contribution in [0.2, 0.25) is 0 Å². The molecule has 1 heterocycles. The van der Waals surface area contributed by atoms with Crippen LogP contribution in [0.1, 0.15) is 11.1 Å². The Morgan fingerprint density at radius 1 is 1.10 bits per heavy atom. The maximum atomic E-state index is 13.2. The molecule has 0 saturated carbocycles. The minimum absolute atomic E-state index is 0.00464. The molecule has 0 N–H and O–H groups in total. The summed E-state index contributed by atoms with van der Waals surface area (Å²) < 4.78 is 43.3. The highest BCUT2D eigenvalue weighted by atomic mass is 32.2. The van der Waals surface area contributed by atoms with Crippen molar-refractivity contribution in [1.82, 2.24) is 0 Å². The van der Waals surface area contributed by atoms with E-state index in [2.05, 4.69) is 0 Å². The van der Waals surface area contributed by atoms with Crippen molar-refractivity contribution in [2.75, 3.05) is 6.61 Å². The summed E-state index contributed by atoms with van der Waals surface area (Å²) in [5, 5.41) is 0. The SMILES string of the molecule is Cc1ccc(OCC2=Cc3ccc(F)cc3S2(=O)=O)cc1. The van der Waals surface area contributed by atoms with E-state index >= 15 is 0 Å². The lowest BCUT2D eigenvalue weighted by molar-refractivity contribution is 0.359. The first-order chi connectivity index (χ1) is 9.96. The van der Waals surface area contributed by atoms with Crippen molar-refractivity contribution in [3.63, 3.8) is 0 Å². The van der Waals surface area contributed by atoms with E-state index in [9.17, 15) is 12.8 Å². The van der Waals surface area contributed by atoms with Gasteiger partial charge in [-0.25, -0.2) is 12.8 Å². The van der Waals surface area contributed by atoms with E-state index in [1.54, 1.807) is 12.1 Å². The van der Waals surface area contributed by atoms with Gasteiger partial charge in [0.1, 0.15) is 18.2 Å². The molecule has 21 heavy (non-hydrogen) atoms. The highest BCUT2D eigenvalue weighted by molar-refractivity contribution is 7.95. The monoisotopic (exact) mass is 304 g/mol.